The summed E-state index contributed by atoms with van der Waals surface area (Å²) < 4.78 is 13.4. The van der Waals surface area contributed by atoms with Gasteiger partial charge in [-0.2, -0.15) is 0 Å². The first-order valence-electron chi connectivity index (χ1n) is 7.04. The molecule has 2 rings (SSSR count). The lowest BCUT2D eigenvalue weighted by atomic mass is 10.1. The SMILES string of the molecule is CCC1CN(Cc2ccc(F)c(CN)c2)CCN1C. The summed E-state index contributed by atoms with van der Waals surface area (Å²) in [4.78, 5) is 4.87. The number of hydrogen-bond acceptors (Lipinski definition) is 3. The summed E-state index contributed by atoms with van der Waals surface area (Å²) in [5, 5.41) is 0. The first kappa shape index (κ1) is 14.4. The molecule has 1 fully saturated rings. The fourth-order valence-electron chi connectivity index (χ4n) is 2.74. The van der Waals surface area contributed by atoms with Crippen molar-refractivity contribution in [2.45, 2.75) is 32.5 Å². The van der Waals surface area contributed by atoms with Gasteiger partial charge in [0.1, 0.15) is 5.82 Å². The molecule has 1 aliphatic rings. The monoisotopic (exact) mass is 265 g/mol. The molecule has 3 nitrogen and oxygen atoms in total. The summed E-state index contributed by atoms with van der Waals surface area (Å²) in [5.41, 5.74) is 7.32. The van der Waals surface area contributed by atoms with Gasteiger partial charge in [-0.15, -0.1) is 0 Å². The maximum atomic E-state index is 13.4. The van der Waals surface area contributed by atoms with E-state index >= 15 is 0 Å². The molecule has 0 aromatic heterocycles. The Kier molecular flexibility index (Phi) is 4.91. The topological polar surface area (TPSA) is 32.5 Å². The van der Waals surface area contributed by atoms with Crippen molar-refractivity contribution in [1.82, 2.24) is 9.80 Å². The number of likely N-dealkylation sites (N-methyl/N-ethyl adjacent to an activating group) is 1. The predicted octanol–water partition coefficient (Wildman–Crippen LogP) is 1.81. The van der Waals surface area contributed by atoms with Crippen LogP contribution in [0.15, 0.2) is 18.2 Å². The van der Waals surface area contributed by atoms with Gasteiger partial charge in [0.05, 0.1) is 0 Å². The van der Waals surface area contributed by atoms with Crippen LogP contribution in [0.25, 0.3) is 0 Å². The molecule has 1 aliphatic heterocycles. The predicted molar refractivity (Wildman–Crippen MR) is 76.3 cm³/mol. The number of piperazine rings is 1. The Morgan fingerprint density at radius 1 is 1.37 bits per heavy atom. The first-order chi connectivity index (χ1) is 9.13. The van der Waals surface area contributed by atoms with Gasteiger partial charge < -0.3 is 10.6 Å². The Morgan fingerprint density at radius 2 is 2.16 bits per heavy atom. The minimum absolute atomic E-state index is 0.198. The highest BCUT2D eigenvalue weighted by atomic mass is 19.1. The van der Waals surface area contributed by atoms with Crippen molar-refractivity contribution < 1.29 is 4.39 Å². The second-order valence-electron chi connectivity index (χ2n) is 5.41. The van der Waals surface area contributed by atoms with Crippen molar-refractivity contribution in [2.75, 3.05) is 26.7 Å². The molecule has 0 aliphatic carbocycles. The normalized spacial score (nSPS) is 21.8. The summed E-state index contributed by atoms with van der Waals surface area (Å²) in [6, 6.07) is 5.93. The van der Waals surface area contributed by atoms with E-state index in [-0.39, 0.29) is 12.4 Å². The number of hydrogen-bond donors (Lipinski definition) is 1. The van der Waals surface area contributed by atoms with Crippen molar-refractivity contribution in [3.05, 3.63) is 35.1 Å². The zero-order valence-corrected chi connectivity index (χ0v) is 11.9. The third-order valence-electron chi connectivity index (χ3n) is 4.07. The fourth-order valence-corrected chi connectivity index (χ4v) is 2.74. The van der Waals surface area contributed by atoms with Crippen LogP contribution in [0.5, 0.6) is 0 Å². The average Bonchev–Trinajstić information content (AvgIpc) is 2.43. The number of nitrogens with zero attached hydrogens (tertiary/aromatic N) is 2. The fraction of sp³-hybridized carbons (Fsp3) is 0.600. The highest BCUT2D eigenvalue weighted by Gasteiger charge is 2.22. The molecule has 0 amide bonds. The van der Waals surface area contributed by atoms with E-state index in [0.717, 1.165) is 31.7 Å². The van der Waals surface area contributed by atoms with Crippen LogP contribution in [0, 0.1) is 5.82 Å². The third kappa shape index (κ3) is 3.53. The molecule has 0 radical (unpaired) electrons. The lowest BCUT2D eigenvalue weighted by Crippen LogP contribution is -2.50. The second-order valence-corrected chi connectivity index (χ2v) is 5.41. The minimum Gasteiger partial charge on any atom is -0.326 e. The lowest BCUT2D eigenvalue weighted by Gasteiger charge is -2.39. The van der Waals surface area contributed by atoms with Gasteiger partial charge in [0.2, 0.25) is 0 Å². The van der Waals surface area contributed by atoms with Crippen molar-refractivity contribution in [3.63, 3.8) is 0 Å². The summed E-state index contributed by atoms with van der Waals surface area (Å²) in [5.74, 6) is -0.198. The van der Waals surface area contributed by atoms with Crippen LogP contribution in [-0.2, 0) is 13.1 Å². The van der Waals surface area contributed by atoms with E-state index in [2.05, 4.69) is 23.8 Å². The molecule has 106 valence electrons. The standard InChI is InChI=1S/C15H24FN3/c1-3-14-11-19(7-6-18(14)2)10-12-4-5-15(16)13(8-12)9-17/h4-5,8,14H,3,6-7,9-11,17H2,1-2H3. The Balaban J connectivity index is 2.01. The van der Waals surface area contributed by atoms with Gasteiger partial charge in [0.15, 0.2) is 0 Å². The van der Waals surface area contributed by atoms with Crippen LogP contribution in [0.2, 0.25) is 0 Å². The van der Waals surface area contributed by atoms with Gasteiger partial charge in [-0.3, -0.25) is 4.90 Å². The number of benzene rings is 1. The maximum Gasteiger partial charge on any atom is 0.127 e. The van der Waals surface area contributed by atoms with E-state index in [9.17, 15) is 4.39 Å². The largest absolute Gasteiger partial charge is 0.326 e. The van der Waals surface area contributed by atoms with Crippen molar-refractivity contribution in [1.29, 1.82) is 0 Å². The Hall–Kier alpha value is -0.970. The Labute approximate surface area is 115 Å². The van der Waals surface area contributed by atoms with Crippen LogP contribution in [0.3, 0.4) is 0 Å². The Bertz CT molecular complexity index is 422. The molecule has 4 heteroatoms. The highest BCUT2D eigenvalue weighted by molar-refractivity contribution is 5.25. The minimum atomic E-state index is -0.198. The molecule has 1 saturated heterocycles. The molecular formula is C15H24FN3. The molecular weight excluding hydrogens is 241 g/mol. The number of nitrogens with two attached hydrogens (primary N) is 1. The lowest BCUT2D eigenvalue weighted by molar-refractivity contribution is 0.0883. The van der Waals surface area contributed by atoms with E-state index in [0.29, 0.717) is 11.6 Å². The van der Waals surface area contributed by atoms with E-state index in [1.807, 2.05) is 12.1 Å². The van der Waals surface area contributed by atoms with Crippen molar-refractivity contribution >= 4 is 0 Å². The zero-order chi connectivity index (χ0) is 13.8. The maximum absolute atomic E-state index is 13.4. The van der Waals surface area contributed by atoms with Gasteiger partial charge in [-0.05, 0) is 25.1 Å². The molecule has 19 heavy (non-hydrogen) atoms. The van der Waals surface area contributed by atoms with Gasteiger partial charge in [-0.1, -0.05) is 19.1 Å². The van der Waals surface area contributed by atoms with Gasteiger partial charge >= 0.3 is 0 Å². The van der Waals surface area contributed by atoms with Crippen LogP contribution in [-0.4, -0.2) is 42.5 Å². The van der Waals surface area contributed by atoms with E-state index in [1.165, 1.54) is 12.5 Å². The Morgan fingerprint density at radius 3 is 2.84 bits per heavy atom. The van der Waals surface area contributed by atoms with E-state index < -0.39 is 0 Å². The quantitative estimate of drug-likeness (QED) is 0.901. The summed E-state index contributed by atoms with van der Waals surface area (Å²) >= 11 is 0. The van der Waals surface area contributed by atoms with Crippen LogP contribution >= 0.6 is 0 Å². The molecule has 1 heterocycles. The molecule has 1 aromatic rings. The van der Waals surface area contributed by atoms with Crippen molar-refractivity contribution in [2.24, 2.45) is 5.73 Å². The molecule has 0 saturated carbocycles. The van der Waals surface area contributed by atoms with Crippen LogP contribution in [0.4, 0.5) is 4.39 Å². The smallest absolute Gasteiger partial charge is 0.127 e. The first-order valence-corrected chi connectivity index (χ1v) is 7.04. The molecule has 0 bridgehead atoms. The molecule has 0 spiro atoms. The number of rotatable bonds is 4. The van der Waals surface area contributed by atoms with E-state index in [1.54, 1.807) is 0 Å². The van der Waals surface area contributed by atoms with Crippen LogP contribution in [0.1, 0.15) is 24.5 Å². The second kappa shape index (κ2) is 6.46. The summed E-state index contributed by atoms with van der Waals surface area (Å²) in [7, 11) is 2.19. The molecule has 1 aromatic carbocycles. The molecule has 1 atom stereocenters. The molecule has 1 unspecified atom stereocenters. The number of halogens is 1. The summed E-state index contributed by atoms with van der Waals surface area (Å²) in [6.07, 6.45) is 1.17. The highest BCUT2D eigenvalue weighted by Crippen LogP contribution is 2.16. The summed E-state index contributed by atoms with van der Waals surface area (Å²) in [6.45, 7) is 6.64. The average molecular weight is 265 g/mol. The van der Waals surface area contributed by atoms with Gasteiger partial charge in [-0.25, -0.2) is 4.39 Å². The zero-order valence-electron chi connectivity index (χ0n) is 11.9. The molecule has 2 N–H and O–H groups in total. The third-order valence-corrected chi connectivity index (χ3v) is 4.07. The van der Waals surface area contributed by atoms with Gasteiger partial charge in [0, 0.05) is 44.3 Å². The van der Waals surface area contributed by atoms with Gasteiger partial charge in [0.25, 0.3) is 0 Å². The van der Waals surface area contributed by atoms with Crippen LogP contribution < -0.4 is 5.73 Å². The van der Waals surface area contributed by atoms with E-state index in [4.69, 9.17) is 5.73 Å². The van der Waals surface area contributed by atoms with Crippen molar-refractivity contribution in [3.8, 4) is 0 Å².